The van der Waals surface area contributed by atoms with E-state index in [2.05, 4.69) is 150 Å². The van der Waals surface area contributed by atoms with Crippen LogP contribution in [0.3, 0.4) is 0 Å². The van der Waals surface area contributed by atoms with Crippen molar-refractivity contribution in [1.29, 1.82) is 0 Å². The molecule has 1 atom stereocenters. The summed E-state index contributed by atoms with van der Waals surface area (Å²) in [6, 6.07) is 32.9. The summed E-state index contributed by atoms with van der Waals surface area (Å²) in [5.74, 6) is 0. The molecule has 0 saturated heterocycles. The Balaban J connectivity index is 1.21. The molecule has 4 aromatic carbocycles. The third-order valence-electron chi connectivity index (χ3n) is 9.00. The van der Waals surface area contributed by atoms with Gasteiger partial charge in [0.25, 0.3) is 0 Å². The lowest BCUT2D eigenvalue weighted by Gasteiger charge is -2.29. The fourth-order valence-corrected chi connectivity index (χ4v) is 6.57. The summed E-state index contributed by atoms with van der Waals surface area (Å²) in [7, 11) is 0. The monoisotopic (exact) mass is 570 g/mol. The fourth-order valence-electron chi connectivity index (χ4n) is 6.57. The van der Waals surface area contributed by atoms with Crippen LogP contribution in [0.5, 0.6) is 0 Å². The molecule has 3 aliphatic rings. The minimum atomic E-state index is 0.0786. The van der Waals surface area contributed by atoms with Gasteiger partial charge in [-0.15, -0.1) is 0 Å². The molecule has 0 amide bonds. The number of fused-ring (bicyclic) bond motifs is 1. The second kappa shape index (κ2) is 12.8. The molecule has 2 N–H and O–H groups in total. The third kappa shape index (κ3) is 5.83. The first-order valence-corrected chi connectivity index (χ1v) is 15.9. The first-order chi connectivity index (χ1) is 21.7. The van der Waals surface area contributed by atoms with Crippen molar-refractivity contribution in [3.63, 3.8) is 0 Å². The van der Waals surface area contributed by atoms with Crippen molar-refractivity contribution in [2.45, 2.75) is 38.1 Å². The molecular weight excluding hydrogens is 532 g/mol. The molecule has 0 spiro atoms. The van der Waals surface area contributed by atoms with Gasteiger partial charge in [0.05, 0.1) is 5.70 Å². The number of rotatable bonds is 9. The maximum atomic E-state index is 6.69. The van der Waals surface area contributed by atoms with Crippen LogP contribution in [0, 0.1) is 0 Å². The lowest BCUT2D eigenvalue weighted by Crippen LogP contribution is -2.31. The largest absolute Gasteiger partial charge is 0.339 e. The maximum absolute atomic E-state index is 6.69. The smallest absolute Gasteiger partial charge is 0.0848 e. The maximum Gasteiger partial charge on any atom is 0.0848 e. The number of hydrogen-bond acceptors (Lipinski definition) is 2. The van der Waals surface area contributed by atoms with Crippen molar-refractivity contribution in [1.82, 2.24) is 4.90 Å². The molecular formula is C42H38N2. The van der Waals surface area contributed by atoms with Crippen molar-refractivity contribution >= 4 is 16.3 Å². The fraction of sp³-hybridized carbons (Fsp3) is 0.167. The van der Waals surface area contributed by atoms with Crippen molar-refractivity contribution < 1.29 is 0 Å². The van der Waals surface area contributed by atoms with Gasteiger partial charge in [-0.1, -0.05) is 133 Å². The first-order valence-electron chi connectivity index (χ1n) is 15.9. The minimum absolute atomic E-state index is 0.0786. The van der Waals surface area contributed by atoms with E-state index in [0.29, 0.717) is 0 Å². The normalized spacial score (nSPS) is 16.4. The number of benzene rings is 4. The van der Waals surface area contributed by atoms with Gasteiger partial charge in [0.2, 0.25) is 0 Å². The van der Waals surface area contributed by atoms with Crippen LogP contribution < -0.4 is 5.73 Å². The van der Waals surface area contributed by atoms with Crippen molar-refractivity contribution in [3.8, 4) is 22.3 Å². The molecule has 0 fully saturated rings. The van der Waals surface area contributed by atoms with Crippen LogP contribution in [0.4, 0.5) is 0 Å². The molecule has 216 valence electrons. The van der Waals surface area contributed by atoms with Gasteiger partial charge < -0.3 is 10.6 Å². The van der Waals surface area contributed by atoms with Crippen LogP contribution in [0.1, 0.15) is 37.7 Å². The van der Waals surface area contributed by atoms with Crippen molar-refractivity contribution in [2.75, 3.05) is 6.54 Å². The zero-order valence-electron chi connectivity index (χ0n) is 25.1. The zero-order chi connectivity index (χ0) is 29.7. The highest BCUT2D eigenvalue weighted by atomic mass is 15.1. The van der Waals surface area contributed by atoms with E-state index in [9.17, 15) is 0 Å². The second-order valence-electron chi connectivity index (χ2n) is 11.8. The molecule has 0 saturated carbocycles. The van der Waals surface area contributed by atoms with Gasteiger partial charge in [-0.25, -0.2) is 0 Å². The molecule has 7 rings (SSSR count). The Labute approximate surface area is 261 Å². The quantitative estimate of drug-likeness (QED) is 0.203. The number of hydrogen-bond donors (Lipinski definition) is 1. The van der Waals surface area contributed by atoms with Crippen LogP contribution in [-0.2, 0) is 0 Å². The highest BCUT2D eigenvalue weighted by molar-refractivity contribution is 6.04. The Morgan fingerprint density at radius 2 is 1.32 bits per heavy atom. The third-order valence-corrected chi connectivity index (χ3v) is 9.00. The summed E-state index contributed by atoms with van der Waals surface area (Å²) in [5.41, 5.74) is 21.6. The van der Waals surface area contributed by atoms with E-state index in [4.69, 9.17) is 5.73 Å². The summed E-state index contributed by atoms with van der Waals surface area (Å²) in [6.45, 7) is 0.876. The second-order valence-corrected chi connectivity index (χ2v) is 11.8. The zero-order valence-corrected chi connectivity index (χ0v) is 25.1. The topological polar surface area (TPSA) is 29.3 Å². The van der Waals surface area contributed by atoms with Crippen molar-refractivity contribution in [2.24, 2.45) is 5.73 Å². The predicted octanol–water partition coefficient (Wildman–Crippen LogP) is 10.1. The summed E-state index contributed by atoms with van der Waals surface area (Å²) in [5, 5.41) is 2.50. The van der Waals surface area contributed by atoms with E-state index in [-0.39, 0.29) is 6.04 Å². The Morgan fingerprint density at radius 3 is 2.05 bits per heavy atom. The Hall–Kier alpha value is -4.88. The van der Waals surface area contributed by atoms with Crippen LogP contribution >= 0.6 is 0 Å². The first kappa shape index (κ1) is 27.9. The summed E-state index contributed by atoms with van der Waals surface area (Å²) < 4.78 is 0. The van der Waals surface area contributed by atoms with Crippen LogP contribution in [0.25, 0.3) is 38.6 Å². The molecule has 2 nitrogen and oxygen atoms in total. The molecule has 3 aliphatic carbocycles. The molecule has 0 bridgehead atoms. The van der Waals surface area contributed by atoms with E-state index in [1.54, 1.807) is 0 Å². The lowest BCUT2D eigenvalue weighted by atomic mass is 9.92. The number of nitrogens with two attached hydrogens (primary N) is 1. The van der Waals surface area contributed by atoms with Gasteiger partial charge in [0, 0.05) is 23.9 Å². The van der Waals surface area contributed by atoms with E-state index in [1.165, 1.54) is 49.9 Å². The van der Waals surface area contributed by atoms with E-state index < -0.39 is 0 Å². The molecule has 0 heterocycles. The average molecular weight is 571 g/mol. The van der Waals surface area contributed by atoms with Gasteiger partial charge in [-0.05, 0) is 88.9 Å². The standard InChI is InChI=1S/C42H38N2/c43-42(34-14-6-2-7-15-34)28-29-44(36-16-8-3-9-17-36)37-25-24-35(30-37)39-27-26-38(40-18-10-11-19-41(39)40)33-22-20-32(21-23-33)31-12-4-1-5-13-31/h1-6,8,10-14,16,18-27,42H,7,9,15,17,28-29,43H2. The molecule has 2 heteroatoms. The minimum Gasteiger partial charge on any atom is -0.339 e. The highest BCUT2D eigenvalue weighted by Crippen LogP contribution is 2.37. The van der Waals surface area contributed by atoms with Gasteiger partial charge in [0.15, 0.2) is 0 Å². The molecule has 4 aromatic rings. The molecule has 0 aromatic heterocycles. The van der Waals surface area contributed by atoms with Gasteiger partial charge in [-0.3, -0.25) is 0 Å². The van der Waals surface area contributed by atoms with Crippen molar-refractivity contribution in [3.05, 3.63) is 168 Å². The van der Waals surface area contributed by atoms with Gasteiger partial charge >= 0.3 is 0 Å². The highest BCUT2D eigenvalue weighted by Gasteiger charge is 2.20. The number of nitrogens with zero attached hydrogens (tertiary/aromatic N) is 1. The van der Waals surface area contributed by atoms with Gasteiger partial charge in [-0.2, -0.15) is 0 Å². The summed E-state index contributed by atoms with van der Waals surface area (Å²) in [4.78, 5) is 2.44. The van der Waals surface area contributed by atoms with Crippen LogP contribution in [-0.4, -0.2) is 17.5 Å². The Kier molecular flexibility index (Phi) is 8.11. The summed E-state index contributed by atoms with van der Waals surface area (Å²) in [6.07, 6.45) is 22.9. The van der Waals surface area contributed by atoms with E-state index in [0.717, 1.165) is 49.9 Å². The molecule has 0 aliphatic heterocycles. The Morgan fingerprint density at radius 1 is 0.659 bits per heavy atom. The van der Waals surface area contributed by atoms with Crippen LogP contribution in [0.2, 0.25) is 0 Å². The molecule has 44 heavy (non-hydrogen) atoms. The van der Waals surface area contributed by atoms with Crippen LogP contribution in [0.15, 0.2) is 162 Å². The molecule has 0 radical (unpaired) electrons. The average Bonchev–Trinajstić information content (AvgIpc) is 3.59. The SMILES string of the molecule is NC(CCN(C1=C=C(c2ccc(-c3ccc(-c4ccccc4)cc3)c3ccccc23)C=C1)C1=CC=CCC1)C1=CC=CCC1. The van der Waals surface area contributed by atoms with E-state index in [1.807, 2.05) is 0 Å². The number of allylic oxidation sites excluding steroid dienone is 9. The molecule has 1 unspecified atom stereocenters. The Bertz CT molecular complexity index is 1890. The predicted molar refractivity (Wildman–Crippen MR) is 187 cm³/mol. The van der Waals surface area contributed by atoms with Gasteiger partial charge in [0.1, 0.15) is 0 Å². The van der Waals surface area contributed by atoms with E-state index >= 15 is 0 Å². The lowest BCUT2D eigenvalue weighted by molar-refractivity contribution is 0.400. The summed E-state index contributed by atoms with van der Waals surface area (Å²) >= 11 is 0.